The molecule has 0 saturated carbocycles. The van der Waals surface area contributed by atoms with Crippen LogP contribution < -0.4 is 10.0 Å². The zero-order chi connectivity index (χ0) is 16.4. The Morgan fingerprint density at radius 1 is 1.43 bits per heavy atom. The monoisotopic (exact) mass is 320 g/mol. The van der Waals surface area contributed by atoms with E-state index in [0.29, 0.717) is 12.6 Å². The molecule has 2 bridgehead atoms. The number of fused-ring (bicyclic) bond motifs is 1. The highest BCUT2D eigenvalue weighted by Gasteiger charge is 2.66. The zero-order valence-electron chi connectivity index (χ0n) is 13.7. The van der Waals surface area contributed by atoms with Crippen LogP contribution in [0.25, 0.3) is 0 Å². The summed E-state index contributed by atoms with van der Waals surface area (Å²) < 4.78 is 5.91. The van der Waals surface area contributed by atoms with E-state index in [9.17, 15) is 14.7 Å². The van der Waals surface area contributed by atoms with Gasteiger partial charge < -0.3 is 24.4 Å². The van der Waals surface area contributed by atoms with Crippen LogP contribution in [-0.2, 0) is 14.3 Å². The Balaban J connectivity index is 1.52. The normalized spacial score (nSPS) is 45.1. The number of hydrogen-bond acceptors (Lipinski definition) is 4. The molecular weight excluding hydrogens is 296 g/mol. The number of likely N-dealkylation sites (tertiary alicyclic amines) is 2. The zero-order valence-corrected chi connectivity index (χ0v) is 13.7. The van der Waals surface area contributed by atoms with Crippen LogP contribution in [0.5, 0.6) is 0 Å². The fourth-order valence-electron chi connectivity index (χ4n) is 4.97. The number of ether oxygens (including phenoxy) is 1. The first-order chi connectivity index (χ1) is 10.9. The summed E-state index contributed by atoms with van der Waals surface area (Å²) in [6, 6.07) is 0.816. The van der Waals surface area contributed by atoms with Gasteiger partial charge in [-0.25, -0.2) is 0 Å². The predicted molar refractivity (Wildman–Crippen MR) is 79.3 cm³/mol. The first-order valence-electron chi connectivity index (χ1n) is 8.66. The van der Waals surface area contributed by atoms with E-state index in [-0.39, 0.29) is 11.9 Å². The summed E-state index contributed by atoms with van der Waals surface area (Å²) in [5.74, 6) is -2.65. The average molecular weight is 320 g/mol. The summed E-state index contributed by atoms with van der Waals surface area (Å²) in [5.41, 5.74) is -0.728. The maximum Gasteiger partial charge on any atom is 0.230 e. The van der Waals surface area contributed by atoms with Crippen molar-refractivity contribution >= 4 is 11.9 Å². The van der Waals surface area contributed by atoms with Crippen molar-refractivity contribution in [1.82, 2.24) is 4.90 Å². The summed E-state index contributed by atoms with van der Waals surface area (Å²) in [7, 11) is 0. The molecule has 0 aromatic rings. The summed E-state index contributed by atoms with van der Waals surface area (Å²) in [5, 5.41) is 11.5. The quantitative estimate of drug-likeness (QED) is 0.609. The van der Waals surface area contributed by atoms with Crippen molar-refractivity contribution in [1.29, 1.82) is 0 Å². The molecule has 23 heavy (non-hydrogen) atoms. The van der Waals surface area contributed by atoms with Gasteiger partial charge in [0.15, 0.2) is 0 Å². The lowest BCUT2D eigenvalue weighted by atomic mass is 9.77. The van der Waals surface area contributed by atoms with Crippen LogP contribution in [0.15, 0.2) is 12.2 Å². The van der Waals surface area contributed by atoms with Crippen molar-refractivity contribution in [2.45, 2.75) is 50.5 Å². The number of aliphatic carboxylic acids is 1. The van der Waals surface area contributed by atoms with Crippen molar-refractivity contribution in [2.75, 3.05) is 19.6 Å². The molecule has 1 N–H and O–H groups in total. The van der Waals surface area contributed by atoms with Crippen molar-refractivity contribution in [3.8, 4) is 0 Å². The van der Waals surface area contributed by atoms with E-state index < -0.39 is 29.5 Å². The topological polar surface area (TPSA) is 74.1 Å². The van der Waals surface area contributed by atoms with Gasteiger partial charge >= 0.3 is 0 Å². The molecule has 4 atom stereocenters. The maximum atomic E-state index is 12.9. The van der Waals surface area contributed by atoms with Crippen LogP contribution in [0.1, 0.15) is 26.7 Å². The third-order valence-corrected chi connectivity index (χ3v) is 6.26. The molecule has 3 fully saturated rings. The van der Waals surface area contributed by atoms with Crippen LogP contribution in [0, 0.1) is 11.8 Å². The summed E-state index contributed by atoms with van der Waals surface area (Å²) >= 11 is 0. The number of amides is 1. The van der Waals surface area contributed by atoms with Crippen LogP contribution in [0.4, 0.5) is 0 Å². The van der Waals surface area contributed by atoms with Crippen LogP contribution in [-0.4, -0.2) is 60.2 Å². The number of hydrogen-bond donors (Lipinski definition) is 1. The highest BCUT2D eigenvalue weighted by molar-refractivity contribution is 5.90. The summed E-state index contributed by atoms with van der Waals surface area (Å²) in [6.07, 6.45) is 5.16. The molecule has 1 spiro atoms. The summed E-state index contributed by atoms with van der Waals surface area (Å²) in [6.45, 7) is 7.07. The minimum absolute atomic E-state index is 0.0518. The van der Waals surface area contributed by atoms with Gasteiger partial charge in [-0.05, 0) is 13.8 Å². The molecule has 1 amide bonds. The van der Waals surface area contributed by atoms with Crippen molar-refractivity contribution < 1.29 is 24.3 Å². The molecular formula is C17H24N2O4. The van der Waals surface area contributed by atoms with Gasteiger partial charge in [0.05, 0.1) is 37.7 Å². The molecule has 0 aromatic heterocycles. The van der Waals surface area contributed by atoms with E-state index in [1.165, 1.54) is 0 Å². The lowest BCUT2D eigenvalue weighted by Gasteiger charge is -2.37. The van der Waals surface area contributed by atoms with Crippen molar-refractivity contribution in [2.24, 2.45) is 11.8 Å². The van der Waals surface area contributed by atoms with Crippen molar-refractivity contribution in [3.63, 3.8) is 0 Å². The smallest absolute Gasteiger partial charge is 0.230 e. The minimum atomic E-state index is -1.17. The second-order valence-electron chi connectivity index (χ2n) is 7.73. The predicted octanol–water partition coefficient (Wildman–Crippen LogP) is -2.03. The second-order valence-corrected chi connectivity index (χ2v) is 7.73. The van der Waals surface area contributed by atoms with Gasteiger partial charge in [-0.15, -0.1) is 0 Å². The van der Waals surface area contributed by atoms with E-state index >= 15 is 0 Å². The Bertz CT molecular complexity index is 567. The Kier molecular flexibility index (Phi) is 3.32. The van der Waals surface area contributed by atoms with Gasteiger partial charge in [0.2, 0.25) is 5.91 Å². The number of carbonyl (C=O) groups is 2. The fraction of sp³-hybridized carbons (Fsp3) is 0.765. The van der Waals surface area contributed by atoms with Crippen LogP contribution >= 0.6 is 0 Å². The lowest BCUT2D eigenvalue weighted by molar-refractivity contribution is -0.926. The molecule has 0 radical (unpaired) electrons. The van der Waals surface area contributed by atoms with Gasteiger partial charge in [0.1, 0.15) is 5.60 Å². The molecule has 4 heterocycles. The molecule has 4 rings (SSSR count). The number of carbonyl (C=O) groups excluding carboxylic acids is 2. The standard InChI is InChI=1S/C17H24N2O4/c1-10(2)18-7-4-11(5-8-18)19-9-17-6-3-12(23-17)13(16(21)22)14(17)15(19)20/h3,6,10-14H,4-5,7-9H2,1-2H3,(H,21,22)/t12-,13-,14+,17-/m1/s1. The van der Waals surface area contributed by atoms with Gasteiger partial charge in [-0.1, -0.05) is 12.2 Å². The van der Waals surface area contributed by atoms with Gasteiger partial charge in [0, 0.05) is 30.8 Å². The van der Waals surface area contributed by atoms with E-state index in [4.69, 9.17) is 4.74 Å². The first-order valence-corrected chi connectivity index (χ1v) is 8.66. The number of nitrogens with one attached hydrogen (secondary N) is 1. The molecule has 6 nitrogen and oxygen atoms in total. The number of piperidine rings is 1. The Morgan fingerprint density at radius 2 is 2.13 bits per heavy atom. The summed E-state index contributed by atoms with van der Waals surface area (Å²) in [4.78, 5) is 27.9. The van der Waals surface area contributed by atoms with Crippen LogP contribution in [0.3, 0.4) is 0 Å². The largest absolute Gasteiger partial charge is 0.550 e. The highest BCUT2D eigenvalue weighted by Crippen LogP contribution is 2.52. The molecule has 3 saturated heterocycles. The molecule has 4 aliphatic rings. The third kappa shape index (κ3) is 2.08. The third-order valence-electron chi connectivity index (χ3n) is 6.26. The Labute approximate surface area is 136 Å². The number of nitrogens with zero attached hydrogens (tertiary/aromatic N) is 1. The van der Waals surface area contributed by atoms with E-state index in [0.717, 1.165) is 25.9 Å². The fourth-order valence-corrected chi connectivity index (χ4v) is 4.97. The van der Waals surface area contributed by atoms with E-state index in [1.54, 1.807) is 11.0 Å². The SMILES string of the molecule is CC(C)[NH+]1CCC(N2C[C@@]34C=C[C@@H](O3)[C@@H](C(=O)[O-])[C@H]4C2=O)CC1. The molecule has 6 heteroatoms. The number of quaternary nitrogens is 1. The van der Waals surface area contributed by atoms with Crippen LogP contribution in [0.2, 0.25) is 0 Å². The van der Waals surface area contributed by atoms with Crippen molar-refractivity contribution in [3.05, 3.63) is 12.2 Å². The molecule has 0 aromatic carbocycles. The van der Waals surface area contributed by atoms with Gasteiger partial charge in [-0.2, -0.15) is 0 Å². The minimum Gasteiger partial charge on any atom is -0.550 e. The number of rotatable bonds is 3. The molecule has 126 valence electrons. The van der Waals surface area contributed by atoms with E-state index in [1.807, 2.05) is 11.0 Å². The number of carboxylic acid groups (broad SMARTS) is 1. The second kappa shape index (κ2) is 5.05. The average Bonchev–Trinajstić information content (AvgIpc) is 3.15. The first kappa shape index (κ1) is 15.1. The number of carboxylic acids is 1. The Morgan fingerprint density at radius 3 is 2.74 bits per heavy atom. The van der Waals surface area contributed by atoms with Gasteiger partial charge in [0.25, 0.3) is 0 Å². The molecule has 4 aliphatic heterocycles. The molecule has 0 aliphatic carbocycles. The lowest BCUT2D eigenvalue weighted by Crippen LogP contribution is -3.16. The maximum absolute atomic E-state index is 12.9. The van der Waals surface area contributed by atoms with Gasteiger partial charge in [-0.3, -0.25) is 4.79 Å². The molecule has 0 unspecified atom stereocenters. The highest BCUT2D eigenvalue weighted by atomic mass is 16.5. The Hall–Kier alpha value is -1.40. The van der Waals surface area contributed by atoms with E-state index in [2.05, 4.69) is 13.8 Å².